The third kappa shape index (κ3) is 4.82. The number of carbonyl (C=O) groups excluding carboxylic acids is 2. The number of nitrogens with zero attached hydrogens (tertiary/aromatic N) is 1. The summed E-state index contributed by atoms with van der Waals surface area (Å²) in [4.78, 5) is 26.2. The van der Waals surface area contributed by atoms with Crippen LogP contribution < -0.4 is 5.32 Å². The van der Waals surface area contributed by atoms with Crippen LogP contribution in [0.2, 0.25) is 0 Å². The summed E-state index contributed by atoms with van der Waals surface area (Å²) in [5.41, 5.74) is 0.661. The van der Waals surface area contributed by atoms with Crippen LogP contribution in [0, 0.1) is 0 Å². The first-order chi connectivity index (χ1) is 12.1. The molecule has 2 heterocycles. The van der Waals surface area contributed by atoms with E-state index in [0.29, 0.717) is 29.1 Å². The van der Waals surface area contributed by atoms with Gasteiger partial charge in [0.1, 0.15) is 5.76 Å². The molecule has 1 N–H and O–H groups in total. The Kier molecular flexibility index (Phi) is 5.71. The normalized spacial score (nSPS) is 15.5. The summed E-state index contributed by atoms with van der Waals surface area (Å²) in [6, 6.07) is 12.8. The van der Waals surface area contributed by atoms with Gasteiger partial charge < -0.3 is 14.6 Å². The molecule has 1 aromatic carbocycles. The number of nitrogens with one attached hydrogen (secondary N) is 1. The molecule has 1 aliphatic rings. The van der Waals surface area contributed by atoms with Gasteiger partial charge in [0.25, 0.3) is 5.91 Å². The minimum atomic E-state index is -0.0614. The van der Waals surface area contributed by atoms with Crippen LogP contribution in [-0.4, -0.2) is 35.8 Å². The van der Waals surface area contributed by atoms with E-state index >= 15 is 0 Å². The fraction of sp³-hybridized carbons (Fsp3) is 0.263. The Morgan fingerprint density at radius 2 is 1.84 bits per heavy atom. The first kappa shape index (κ1) is 17.5. The first-order valence-electron chi connectivity index (χ1n) is 8.20. The molecule has 1 saturated heterocycles. The maximum absolute atomic E-state index is 12.2. The Hall–Kier alpha value is -2.34. The van der Waals surface area contributed by atoms with E-state index in [1.807, 2.05) is 18.2 Å². The second-order valence-electron chi connectivity index (χ2n) is 5.91. The van der Waals surface area contributed by atoms with Gasteiger partial charge in [-0.3, -0.25) is 9.59 Å². The lowest BCUT2D eigenvalue weighted by Gasteiger charge is -2.31. The predicted octanol–water partition coefficient (Wildman–Crippen LogP) is 3.48. The lowest BCUT2D eigenvalue weighted by molar-refractivity contribution is -0.127. The highest BCUT2D eigenvalue weighted by Crippen LogP contribution is 2.16. The highest BCUT2D eigenvalue weighted by molar-refractivity contribution is 9.10. The maximum atomic E-state index is 12.2. The van der Waals surface area contributed by atoms with Crippen LogP contribution in [0.15, 0.2) is 57.6 Å². The molecule has 0 radical (unpaired) electrons. The quantitative estimate of drug-likeness (QED) is 0.796. The molecule has 1 aliphatic heterocycles. The highest BCUT2D eigenvalue weighted by atomic mass is 79.9. The van der Waals surface area contributed by atoms with E-state index in [9.17, 15) is 9.59 Å². The Labute approximate surface area is 154 Å². The molecule has 3 rings (SSSR count). The summed E-state index contributed by atoms with van der Waals surface area (Å²) in [6.07, 6.45) is 4.69. The fourth-order valence-corrected chi connectivity index (χ4v) is 3.10. The van der Waals surface area contributed by atoms with Gasteiger partial charge in [-0.25, -0.2) is 0 Å². The number of likely N-dealkylation sites (tertiary alicyclic amines) is 1. The smallest absolute Gasteiger partial charge is 0.251 e. The molecule has 0 atom stereocenters. The van der Waals surface area contributed by atoms with Gasteiger partial charge in [-0.15, -0.1) is 0 Å². The second kappa shape index (κ2) is 8.16. The van der Waals surface area contributed by atoms with Gasteiger partial charge in [-0.2, -0.15) is 0 Å². The maximum Gasteiger partial charge on any atom is 0.251 e. The summed E-state index contributed by atoms with van der Waals surface area (Å²) >= 11 is 3.23. The van der Waals surface area contributed by atoms with Crippen molar-refractivity contribution >= 4 is 33.8 Å². The number of benzene rings is 1. The number of hydrogen-bond acceptors (Lipinski definition) is 3. The van der Waals surface area contributed by atoms with E-state index in [1.165, 1.54) is 6.08 Å². The Bertz CT molecular complexity index is 762. The van der Waals surface area contributed by atoms with Crippen LogP contribution >= 0.6 is 15.9 Å². The van der Waals surface area contributed by atoms with Crippen LogP contribution in [0.1, 0.15) is 29.0 Å². The molecule has 2 amide bonds. The summed E-state index contributed by atoms with van der Waals surface area (Å²) in [6.45, 7) is 1.26. The van der Waals surface area contributed by atoms with Crippen LogP contribution in [0.25, 0.3) is 6.08 Å². The molecule has 0 aliphatic carbocycles. The van der Waals surface area contributed by atoms with Crippen molar-refractivity contribution in [3.05, 3.63) is 64.5 Å². The molecular formula is C19H19BrN2O3. The summed E-state index contributed by atoms with van der Waals surface area (Å²) in [5, 5.41) is 3.04. The zero-order valence-electron chi connectivity index (χ0n) is 13.7. The van der Waals surface area contributed by atoms with Crippen molar-refractivity contribution in [3.63, 3.8) is 0 Å². The zero-order valence-corrected chi connectivity index (χ0v) is 15.2. The molecule has 0 saturated carbocycles. The van der Waals surface area contributed by atoms with E-state index in [1.54, 1.807) is 35.2 Å². The Morgan fingerprint density at radius 3 is 2.48 bits per heavy atom. The van der Waals surface area contributed by atoms with Gasteiger partial charge in [0.15, 0.2) is 4.67 Å². The third-order valence-electron chi connectivity index (χ3n) is 4.16. The number of halogens is 1. The fourth-order valence-electron chi connectivity index (χ4n) is 2.78. The monoisotopic (exact) mass is 402 g/mol. The summed E-state index contributed by atoms with van der Waals surface area (Å²) in [7, 11) is 0. The van der Waals surface area contributed by atoms with Crippen molar-refractivity contribution in [2.45, 2.75) is 18.9 Å². The molecule has 0 bridgehead atoms. The van der Waals surface area contributed by atoms with Crippen molar-refractivity contribution in [2.75, 3.05) is 13.1 Å². The number of hydrogen-bond donors (Lipinski definition) is 1. The van der Waals surface area contributed by atoms with Gasteiger partial charge in [0.05, 0.1) is 0 Å². The second-order valence-corrected chi connectivity index (χ2v) is 6.70. The zero-order chi connectivity index (χ0) is 17.6. The minimum Gasteiger partial charge on any atom is -0.450 e. The number of carbonyl (C=O) groups is 2. The average Bonchev–Trinajstić information content (AvgIpc) is 3.06. The van der Waals surface area contributed by atoms with Crippen LogP contribution in [0.5, 0.6) is 0 Å². The molecule has 1 fully saturated rings. The van der Waals surface area contributed by atoms with Crippen molar-refractivity contribution in [1.82, 2.24) is 10.2 Å². The van der Waals surface area contributed by atoms with E-state index in [0.717, 1.165) is 12.8 Å². The SMILES string of the molecule is O=C(NC1CCN(C(=O)/C=C/c2ccc(Br)o2)CC1)c1ccccc1. The Morgan fingerprint density at radius 1 is 1.12 bits per heavy atom. The molecule has 5 nitrogen and oxygen atoms in total. The molecule has 0 unspecified atom stereocenters. The summed E-state index contributed by atoms with van der Waals surface area (Å²) in [5.74, 6) is 0.527. The number of piperidine rings is 1. The summed E-state index contributed by atoms with van der Waals surface area (Å²) < 4.78 is 5.97. The molecule has 0 spiro atoms. The predicted molar refractivity (Wildman–Crippen MR) is 99.0 cm³/mol. The van der Waals surface area contributed by atoms with Crippen molar-refractivity contribution in [3.8, 4) is 0 Å². The number of amides is 2. The van der Waals surface area contributed by atoms with Gasteiger partial charge >= 0.3 is 0 Å². The van der Waals surface area contributed by atoms with E-state index in [4.69, 9.17) is 4.42 Å². The van der Waals surface area contributed by atoms with Crippen LogP contribution in [0.3, 0.4) is 0 Å². The van der Waals surface area contributed by atoms with Gasteiger partial charge in [-0.1, -0.05) is 18.2 Å². The van der Waals surface area contributed by atoms with E-state index in [2.05, 4.69) is 21.2 Å². The van der Waals surface area contributed by atoms with Gasteiger partial charge in [0, 0.05) is 30.8 Å². The largest absolute Gasteiger partial charge is 0.450 e. The van der Waals surface area contributed by atoms with Crippen molar-refractivity contribution in [2.24, 2.45) is 0 Å². The van der Waals surface area contributed by atoms with Crippen molar-refractivity contribution in [1.29, 1.82) is 0 Å². The van der Waals surface area contributed by atoms with Gasteiger partial charge in [0.2, 0.25) is 5.91 Å². The molecule has 2 aromatic rings. The van der Waals surface area contributed by atoms with Gasteiger partial charge in [-0.05, 0) is 59.1 Å². The lowest BCUT2D eigenvalue weighted by Crippen LogP contribution is -2.46. The topological polar surface area (TPSA) is 62.6 Å². The lowest BCUT2D eigenvalue weighted by atomic mass is 10.0. The first-order valence-corrected chi connectivity index (χ1v) is 8.99. The van der Waals surface area contributed by atoms with Crippen molar-refractivity contribution < 1.29 is 14.0 Å². The van der Waals surface area contributed by atoms with Crippen LogP contribution in [0.4, 0.5) is 0 Å². The van der Waals surface area contributed by atoms with Crippen LogP contribution in [-0.2, 0) is 4.79 Å². The standard InChI is InChI=1S/C19H19BrN2O3/c20-17-8-6-16(25-17)7-9-18(23)22-12-10-15(11-13-22)21-19(24)14-4-2-1-3-5-14/h1-9,15H,10-13H2,(H,21,24)/b9-7+. The average molecular weight is 403 g/mol. The third-order valence-corrected chi connectivity index (χ3v) is 4.59. The highest BCUT2D eigenvalue weighted by Gasteiger charge is 2.23. The number of furan rings is 1. The number of rotatable bonds is 4. The molecule has 130 valence electrons. The van der Waals surface area contributed by atoms with E-state index < -0.39 is 0 Å². The molecule has 6 heteroatoms. The molecular weight excluding hydrogens is 384 g/mol. The Balaban J connectivity index is 1.47. The van der Waals surface area contributed by atoms with E-state index in [-0.39, 0.29) is 17.9 Å². The minimum absolute atomic E-state index is 0.0413. The molecule has 25 heavy (non-hydrogen) atoms. The molecule has 1 aromatic heterocycles.